The zero-order valence-electron chi connectivity index (χ0n) is 5.63. The van der Waals surface area contributed by atoms with Crippen molar-refractivity contribution in [3.63, 3.8) is 0 Å². The average Bonchev–Trinajstić information content (AvgIpc) is 2.14. The molecule has 10 heavy (non-hydrogen) atoms. The minimum Gasteiger partial charge on any atom is -0.481 e. The van der Waals surface area contributed by atoms with Crippen molar-refractivity contribution < 1.29 is 14.7 Å². The van der Waals surface area contributed by atoms with Gasteiger partial charge in [0.05, 0.1) is 11.8 Å². The lowest BCUT2D eigenvalue weighted by Gasteiger charge is -2.03. The van der Waals surface area contributed by atoms with Gasteiger partial charge in [0.15, 0.2) is 0 Å². The molecule has 56 valence electrons. The van der Waals surface area contributed by atoms with Gasteiger partial charge in [-0.05, 0) is 0 Å². The number of hydrogen-bond donors (Lipinski definition) is 2. The lowest BCUT2D eigenvalue weighted by molar-refractivity contribution is -0.143. The first-order valence-corrected chi connectivity index (χ1v) is 3.13. The predicted molar refractivity (Wildman–Crippen MR) is 33.3 cm³/mol. The van der Waals surface area contributed by atoms with Crippen molar-refractivity contribution >= 4 is 11.9 Å². The molecule has 2 atom stereocenters. The molecule has 1 unspecified atom stereocenters. The Balaban J connectivity index is 2.66. The van der Waals surface area contributed by atoms with Gasteiger partial charge in [-0.15, -0.1) is 0 Å². The highest BCUT2D eigenvalue weighted by atomic mass is 16.4. The first kappa shape index (κ1) is 7.05. The molecule has 1 aliphatic rings. The van der Waals surface area contributed by atoms with Crippen LogP contribution in [0.3, 0.4) is 0 Å². The van der Waals surface area contributed by atoms with E-state index in [9.17, 15) is 9.59 Å². The van der Waals surface area contributed by atoms with E-state index in [0.29, 0.717) is 0 Å². The van der Waals surface area contributed by atoms with E-state index >= 15 is 0 Å². The second-order valence-electron chi connectivity index (χ2n) is 2.48. The summed E-state index contributed by atoms with van der Waals surface area (Å²) in [4.78, 5) is 21.1. The van der Waals surface area contributed by atoms with Crippen LogP contribution in [0.15, 0.2) is 0 Å². The number of aliphatic carboxylic acids is 1. The third-order valence-corrected chi connectivity index (χ3v) is 1.83. The molecule has 0 radical (unpaired) electrons. The number of nitrogens with one attached hydrogen (secondary N) is 1. The van der Waals surface area contributed by atoms with Gasteiger partial charge in [-0.2, -0.15) is 0 Å². The van der Waals surface area contributed by atoms with Gasteiger partial charge in [-0.25, -0.2) is 0 Å². The summed E-state index contributed by atoms with van der Waals surface area (Å²) in [5.74, 6) is -1.97. The van der Waals surface area contributed by atoms with Gasteiger partial charge in [0.1, 0.15) is 0 Å². The molecule has 1 fully saturated rings. The molecule has 0 bridgehead atoms. The van der Waals surface area contributed by atoms with E-state index in [0.717, 1.165) is 0 Å². The molecule has 0 spiro atoms. The maximum atomic E-state index is 10.7. The Morgan fingerprint density at radius 1 is 1.80 bits per heavy atom. The fourth-order valence-corrected chi connectivity index (χ4v) is 1.03. The number of carboxylic acids is 1. The van der Waals surface area contributed by atoms with Gasteiger partial charge in [0, 0.05) is 6.54 Å². The molecule has 0 aromatic carbocycles. The molecular weight excluding hydrogens is 134 g/mol. The molecule has 4 nitrogen and oxygen atoms in total. The average molecular weight is 143 g/mol. The summed E-state index contributed by atoms with van der Waals surface area (Å²) in [5.41, 5.74) is 0. The molecule has 1 amide bonds. The Hall–Kier alpha value is -1.06. The molecule has 0 saturated carbocycles. The van der Waals surface area contributed by atoms with Gasteiger partial charge in [0.25, 0.3) is 0 Å². The minimum absolute atomic E-state index is 0.160. The van der Waals surface area contributed by atoms with Crippen LogP contribution < -0.4 is 5.32 Å². The summed E-state index contributed by atoms with van der Waals surface area (Å²) in [7, 11) is 0. The van der Waals surface area contributed by atoms with Crippen LogP contribution in [0.25, 0.3) is 0 Å². The van der Waals surface area contributed by atoms with E-state index in [4.69, 9.17) is 5.11 Å². The summed E-state index contributed by atoms with van der Waals surface area (Å²) in [6, 6.07) is 0. The first-order valence-electron chi connectivity index (χ1n) is 3.13. The number of carbonyl (C=O) groups is 2. The smallest absolute Gasteiger partial charge is 0.309 e. The van der Waals surface area contributed by atoms with Crippen molar-refractivity contribution in [3.8, 4) is 0 Å². The summed E-state index contributed by atoms with van der Waals surface area (Å²) in [6.07, 6.45) is 0. The van der Waals surface area contributed by atoms with Crippen LogP contribution in [-0.2, 0) is 9.59 Å². The molecule has 1 aliphatic heterocycles. The number of rotatable bonds is 1. The highest BCUT2D eigenvalue weighted by Gasteiger charge is 2.35. The Kier molecular flexibility index (Phi) is 1.61. The lowest BCUT2D eigenvalue weighted by Crippen LogP contribution is -2.20. The Morgan fingerprint density at radius 2 is 2.40 bits per heavy atom. The molecule has 1 rings (SSSR count). The van der Waals surface area contributed by atoms with Crippen molar-refractivity contribution in [2.45, 2.75) is 6.92 Å². The second kappa shape index (κ2) is 2.28. The van der Waals surface area contributed by atoms with Crippen LogP contribution >= 0.6 is 0 Å². The molecule has 2 N–H and O–H groups in total. The van der Waals surface area contributed by atoms with Crippen LogP contribution in [0.2, 0.25) is 0 Å². The van der Waals surface area contributed by atoms with Crippen molar-refractivity contribution in [1.29, 1.82) is 0 Å². The minimum atomic E-state index is -0.897. The highest BCUT2D eigenvalue weighted by Crippen LogP contribution is 2.16. The first-order chi connectivity index (χ1) is 4.63. The van der Waals surface area contributed by atoms with Crippen LogP contribution in [-0.4, -0.2) is 23.5 Å². The Bertz CT molecular complexity index is 178. The van der Waals surface area contributed by atoms with E-state index in [2.05, 4.69) is 5.32 Å². The van der Waals surface area contributed by atoms with E-state index < -0.39 is 11.9 Å². The number of amides is 1. The lowest BCUT2D eigenvalue weighted by atomic mass is 9.98. The number of hydrogen-bond acceptors (Lipinski definition) is 2. The van der Waals surface area contributed by atoms with Gasteiger partial charge >= 0.3 is 5.97 Å². The maximum Gasteiger partial charge on any atom is 0.309 e. The van der Waals surface area contributed by atoms with E-state index in [1.165, 1.54) is 0 Å². The second-order valence-corrected chi connectivity index (χ2v) is 2.48. The van der Waals surface area contributed by atoms with Gasteiger partial charge < -0.3 is 10.4 Å². The van der Waals surface area contributed by atoms with Gasteiger partial charge in [-0.1, -0.05) is 6.92 Å². The third kappa shape index (κ3) is 0.964. The van der Waals surface area contributed by atoms with Crippen molar-refractivity contribution in [2.75, 3.05) is 6.54 Å². The molecule has 0 aromatic rings. The Labute approximate surface area is 58.2 Å². The fourth-order valence-electron chi connectivity index (χ4n) is 1.03. The number of carboxylic acid groups (broad SMARTS) is 1. The Morgan fingerprint density at radius 3 is 2.60 bits per heavy atom. The summed E-state index contributed by atoms with van der Waals surface area (Å²) in [5, 5.41) is 11.0. The summed E-state index contributed by atoms with van der Waals surface area (Å²) >= 11 is 0. The van der Waals surface area contributed by atoms with E-state index in [-0.39, 0.29) is 18.4 Å². The monoisotopic (exact) mass is 143 g/mol. The zero-order chi connectivity index (χ0) is 7.72. The quantitative estimate of drug-likeness (QED) is 0.517. The normalized spacial score (nSPS) is 31.9. The van der Waals surface area contributed by atoms with Crippen molar-refractivity contribution in [1.82, 2.24) is 5.32 Å². The molecule has 1 heterocycles. The van der Waals surface area contributed by atoms with Crippen LogP contribution in [0, 0.1) is 11.8 Å². The molecule has 1 saturated heterocycles. The largest absolute Gasteiger partial charge is 0.481 e. The third-order valence-electron chi connectivity index (χ3n) is 1.83. The topological polar surface area (TPSA) is 66.4 Å². The summed E-state index contributed by atoms with van der Waals surface area (Å²) < 4.78 is 0. The summed E-state index contributed by atoms with van der Waals surface area (Å²) in [6.45, 7) is 1.90. The maximum absolute atomic E-state index is 10.7. The molecule has 0 aromatic heterocycles. The molecule has 4 heteroatoms. The van der Waals surface area contributed by atoms with E-state index in [1.54, 1.807) is 6.92 Å². The zero-order valence-corrected chi connectivity index (χ0v) is 5.63. The van der Waals surface area contributed by atoms with E-state index in [1.807, 2.05) is 0 Å². The van der Waals surface area contributed by atoms with Crippen molar-refractivity contribution in [2.24, 2.45) is 11.8 Å². The SMILES string of the molecule is C[C@H]1C(=O)NCC1C(=O)O. The highest BCUT2D eigenvalue weighted by molar-refractivity contribution is 5.87. The number of carbonyl (C=O) groups excluding carboxylic acids is 1. The van der Waals surface area contributed by atoms with Gasteiger partial charge in [-0.3, -0.25) is 9.59 Å². The standard InChI is InChI=1S/C6H9NO3/c1-3-4(6(9)10)2-7-5(3)8/h3-4H,2H2,1H3,(H,7,8)(H,9,10)/t3-,4?/m1/s1. The fraction of sp³-hybridized carbons (Fsp3) is 0.667. The predicted octanol–water partition coefficient (Wildman–Crippen LogP) is -0.547. The van der Waals surface area contributed by atoms with Gasteiger partial charge in [0.2, 0.25) is 5.91 Å². The van der Waals surface area contributed by atoms with Crippen LogP contribution in [0.1, 0.15) is 6.92 Å². The van der Waals surface area contributed by atoms with Crippen molar-refractivity contribution in [3.05, 3.63) is 0 Å². The van der Waals surface area contributed by atoms with Crippen LogP contribution in [0.5, 0.6) is 0 Å². The molecular formula is C6H9NO3. The molecule has 0 aliphatic carbocycles. The van der Waals surface area contributed by atoms with Crippen LogP contribution in [0.4, 0.5) is 0 Å².